The molecule has 4 rings (SSSR count). The van der Waals surface area contributed by atoms with Gasteiger partial charge in [-0.15, -0.1) is 0 Å². The molecule has 46 heavy (non-hydrogen) atoms. The number of benzene rings is 3. The monoisotopic (exact) mass is 632 g/mol. The van der Waals surface area contributed by atoms with Crippen LogP contribution in [0.1, 0.15) is 140 Å². The van der Waals surface area contributed by atoms with Gasteiger partial charge >= 0.3 is 0 Å². The van der Waals surface area contributed by atoms with E-state index in [0.29, 0.717) is 5.92 Å². The average Bonchev–Trinajstić information content (AvgIpc) is 3.23. The number of hydrogen-bond donors (Lipinski definition) is 0. The van der Waals surface area contributed by atoms with Gasteiger partial charge in [0.2, 0.25) is 0 Å². The van der Waals surface area contributed by atoms with E-state index < -0.39 is 8.07 Å². The van der Waals surface area contributed by atoms with Crippen molar-refractivity contribution in [2.45, 2.75) is 146 Å². The molecule has 248 valence electrons. The quantitative estimate of drug-likeness (QED) is 0.109. The van der Waals surface area contributed by atoms with Gasteiger partial charge in [0.05, 0.1) is 0 Å². The Bertz CT molecular complexity index is 1410. The lowest BCUT2D eigenvalue weighted by molar-refractivity contribution is 0.781. The van der Waals surface area contributed by atoms with Crippen molar-refractivity contribution in [2.24, 2.45) is 5.92 Å². The predicted molar refractivity (Wildman–Crippen MR) is 208 cm³/mol. The molecule has 1 heteroatoms. The van der Waals surface area contributed by atoms with Crippen LogP contribution in [0, 0.1) is 19.8 Å². The van der Waals surface area contributed by atoms with Crippen molar-refractivity contribution < 1.29 is 0 Å². The standard InChI is InChI=1S/C45H64Si/c1-11-15-19-38-26-39(20-16-12-2)29-43(28-38)46(42-24-32(5)23-33(6)25-42,45-36(9)34(7)35(8)37(45)10)44-30-40(21-17-13-3)27-41(31-44)22-18-14-4/h23-31,36H,11-22H2,1-10H3. The summed E-state index contributed by atoms with van der Waals surface area (Å²) in [5.74, 6) is 0.435. The fraction of sp³-hybridized carbons (Fsp3) is 0.511. The van der Waals surface area contributed by atoms with E-state index in [1.807, 2.05) is 0 Å². The van der Waals surface area contributed by atoms with Crippen LogP contribution < -0.4 is 15.6 Å². The van der Waals surface area contributed by atoms with Gasteiger partial charge in [0, 0.05) is 0 Å². The molecule has 0 saturated carbocycles. The smallest absolute Gasteiger partial charge is 0.0654 e. The highest BCUT2D eigenvalue weighted by molar-refractivity contribution is 7.16. The molecule has 1 aliphatic carbocycles. The van der Waals surface area contributed by atoms with Crippen LogP contribution in [0.15, 0.2) is 76.5 Å². The maximum atomic E-state index is 2.69. The van der Waals surface area contributed by atoms with E-state index in [4.69, 9.17) is 0 Å². The van der Waals surface area contributed by atoms with E-state index in [1.54, 1.807) is 54.2 Å². The highest BCUT2D eigenvalue weighted by Crippen LogP contribution is 2.42. The first-order chi connectivity index (χ1) is 22.1. The Balaban J connectivity index is 2.23. The van der Waals surface area contributed by atoms with Crippen LogP contribution in [0.2, 0.25) is 0 Å². The largest absolute Gasteiger partial charge is 0.176 e. The molecule has 0 N–H and O–H groups in total. The van der Waals surface area contributed by atoms with Gasteiger partial charge in [-0.3, -0.25) is 0 Å². The van der Waals surface area contributed by atoms with Crippen molar-refractivity contribution in [3.63, 3.8) is 0 Å². The van der Waals surface area contributed by atoms with Crippen LogP contribution in [0.25, 0.3) is 0 Å². The summed E-state index contributed by atoms with van der Waals surface area (Å²) in [6, 6.07) is 23.4. The topological polar surface area (TPSA) is 0 Å². The molecule has 1 atom stereocenters. The van der Waals surface area contributed by atoms with Crippen LogP contribution >= 0.6 is 0 Å². The zero-order chi connectivity index (χ0) is 33.4. The van der Waals surface area contributed by atoms with Crippen molar-refractivity contribution >= 4 is 23.6 Å². The van der Waals surface area contributed by atoms with Crippen LogP contribution in [-0.2, 0) is 25.7 Å². The molecule has 0 heterocycles. The van der Waals surface area contributed by atoms with Gasteiger partial charge in [-0.1, -0.05) is 142 Å². The number of unbranched alkanes of at least 4 members (excludes halogenated alkanes) is 4. The van der Waals surface area contributed by atoms with E-state index in [-0.39, 0.29) is 0 Å². The van der Waals surface area contributed by atoms with Crippen molar-refractivity contribution in [1.29, 1.82) is 0 Å². The summed E-state index contributed by atoms with van der Waals surface area (Å²) in [6.07, 6.45) is 14.6. The van der Waals surface area contributed by atoms with Gasteiger partial charge in [0.1, 0.15) is 0 Å². The Labute approximate surface area is 284 Å². The SMILES string of the molecule is CCCCc1cc(CCCC)cc([Si](C2=C(C)C(C)=C(C)C2C)(c2cc(C)cc(C)c2)c2cc(CCCC)cc(CCCC)c2)c1. The van der Waals surface area contributed by atoms with Gasteiger partial charge in [-0.05, 0) is 135 Å². The molecule has 1 unspecified atom stereocenters. The lowest BCUT2D eigenvalue weighted by atomic mass is 10.0. The van der Waals surface area contributed by atoms with Gasteiger partial charge < -0.3 is 0 Å². The third-order valence-electron chi connectivity index (χ3n) is 10.9. The molecule has 0 aliphatic heterocycles. The number of hydrogen-bond acceptors (Lipinski definition) is 0. The Morgan fingerprint density at radius 3 is 1.11 bits per heavy atom. The fourth-order valence-corrected chi connectivity index (χ4v) is 14.2. The van der Waals surface area contributed by atoms with E-state index in [2.05, 4.69) is 124 Å². The van der Waals surface area contributed by atoms with Crippen molar-refractivity contribution in [1.82, 2.24) is 0 Å². The normalized spacial score (nSPS) is 15.4. The van der Waals surface area contributed by atoms with Crippen LogP contribution in [0.4, 0.5) is 0 Å². The molecule has 0 amide bonds. The molecule has 3 aromatic carbocycles. The van der Waals surface area contributed by atoms with E-state index in [1.165, 1.54) is 93.7 Å². The molecule has 1 aliphatic rings. The van der Waals surface area contributed by atoms with Crippen LogP contribution in [0.3, 0.4) is 0 Å². The molecular formula is C45H64Si. The van der Waals surface area contributed by atoms with Gasteiger partial charge in [-0.25, -0.2) is 0 Å². The third-order valence-corrected chi connectivity index (χ3v) is 16.0. The van der Waals surface area contributed by atoms with E-state index >= 15 is 0 Å². The summed E-state index contributed by atoms with van der Waals surface area (Å²) >= 11 is 0. The number of allylic oxidation sites excluding steroid dienone is 4. The average molecular weight is 633 g/mol. The van der Waals surface area contributed by atoms with Crippen LogP contribution in [-0.4, -0.2) is 8.07 Å². The predicted octanol–water partition coefficient (Wildman–Crippen LogP) is 11.0. The molecule has 3 aromatic rings. The Morgan fingerprint density at radius 1 is 0.457 bits per heavy atom. The number of aryl methyl sites for hydroxylation is 6. The zero-order valence-corrected chi connectivity index (χ0v) is 32.3. The van der Waals surface area contributed by atoms with Crippen molar-refractivity contribution in [3.05, 3.63) is 110 Å². The summed E-state index contributed by atoms with van der Waals surface area (Å²) in [6.45, 7) is 23.8. The second-order valence-corrected chi connectivity index (χ2v) is 18.5. The molecule has 0 aromatic heterocycles. The summed E-state index contributed by atoms with van der Waals surface area (Å²) in [7, 11) is -2.71. The first-order valence-electron chi connectivity index (χ1n) is 18.8. The molecule has 0 fully saturated rings. The van der Waals surface area contributed by atoms with Gasteiger partial charge in [0.25, 0.3) is 0 Å². The maximum absolute atomic E-state index is 2.71. The highest BCUT2D eigenvalue weighted by atomic mass is 28.3. The molecular weight excluding hydrogens is 569 g/mol. The van der Waals surface area contributed by atoms with Gasteiger partial charge in [-0.2, -0.15) is 0 Å². The molecule has 0 spiro atoms. The minimum Gasteiger partial charge on any atom is -0.0654 e. The fourth-order valence-electron chi connectivity index (χ4n) is 8.19. The van der Waals surface area contributed by atoms with Crippen molar-refractivity contribution in [3.8, 4) is 0 Å². The third kappa shape index (κ3) is 7.73. The van der Waals surface area contributed by atoms with Crippen LogP contribution in [0.5, 0.6) is 0 Å². The Hall–Kier alpha value is -2.64. The lowest BCUT2D eigenvalue weighted by Crippen LogP contribution is -2.70. The van der Waals surface area contributed by atoms with E-state index in [0.717, 1.165) is 0 Å². The number of rotatable bonds is 16. The second kappa shape index (κ2) is 16.5. The molecule has 0 saturated heterocycles. The summed E-state index contributed by atoms with van der Waals surface area (Å²) in [5, 5.41) is 6.55. The molecule has 0 nitrogen and oxygen atoms in total. The highest BCUT2D eigenvalue weighted by Gasteiger charge is 2.48. The molecule has 0 bridgehead atoms. The van der Waals surface area contributed by atoms with Crippen molar-refractivity contribution in [2.75, 3.05) is 0 Å². The Morgan fingerprint density at radius 2 is 0.804 bits per heavy atom. The summed E-state index contributed by atoms with van der Waals surface area (Å²) < 4.78 is 0. The lowest BCUT2D eigenvalue weighted by Gasteiger charge is -2.40. The second-order valence-electron chi connectivity index (χ2n) is 14.7. The summed E-state index contributed by atoms with van der Waals surface area (Å²) in [4.78, 5) is 0. The Kier molecular flexibility index (Phi) is 12.9. The minimum atomic E-state index is -2.71. The summed E-state index contributed by atoms with van der Waals surface area (Å²) in [5.41, 5.74) is 13.6. The zero-order valence-electron chi connectivity index (χ0n) is 31.3. The maximum Gasteiger partial charge on any atom is 0.176 e. The molecule has 0 radical (unpaired) electrons. The first kappa shape index (κ1) is 36.2. The van der Waals surface area contributed by atoms with E-state index in [9.17, 15) is 0 Å². The minimum absolute atomic E-state index is 0.435. The van der Waals surface area contributed by atoms with Gasteiger partial charge in [0.15, 0.2) is 8.07 Å². The first-order valence-corrected chi connectivity index (χ1v) is 20.8.